The molecular formula is C18H27ClF2N2O. The lowest BCUT2D eigenvalue weighted by atomic mass is 9.85. The largest absolute Gasteiger partial charge is 0.339 e. The predicted molar refractivity (Wildman–Crippen MR) is 94.2 cm³/mol. The predicted octanol–water partition coefficient (Wildman–Crippen LogP) is 3.93. The molecule has 0 radical (unpaired) electrons. The maximum atomic E-state index is 13.9. The van der Waals surface area contributed by atoms with Gasteiger partial charge in [-0.2, -0.15) is 0 Å². The number of amides is 1. The van der Waals surface area contributed by atoms with Gasteiger partial charge in [0, 0.05) is 19.0 Å². The Kier molecular flexibility index (Phi) is 8.10. The smallest absolute Gasteiger partial charge is 0.223 e. The zero-order valence-electron chi connectivity index (χ0n) is 14.5. The van der Waals surface area contributed by atoms with Crippen LogP contribution < -0.4 is 5.32 Å². The number of rotatable bonds is 5. The Morgan fingerprint density at radius 2 is 2.08 bits per heavy atom. The molecule has 0 aliphatic carbocycles. The standard InChI is InChI=1S/C18H26F2N2O.ClH/c1-12(14-5-4-8-21-11-14)9-18(23)22(3)13(2)16-10-15(19)6-7-17(16)20;/h6-7,10,12-14,21H,4-5,8-9,11H2,1-3H3;1H. The van der Waals surface area contributed by atoms with E-state index in [1.54, 1.807) is 14.0 Å². The Bertz CT molecular complexity index is 550. The van der Waals surface area contributed by atoms with E-state index < -0.39 is 17.7 Å². The number of piperidine rings is 1. The molecule has 24 heavy (non-hydrogen) atoms. The molecule has 1 aromatic rings. The molecule has 2 rings (SSSR count). The first kappa shape index (κ1) is 20.8. The zero-order chi connectivity index (χ0) is 17.0. The molecule has 3 nitrogen and oxygen atoms in total. The summed E-state index contributed by atoms with van der Waals surface area (Å²) in [6.45, 7) is 5.82. The van der Waals surface area contributed by atoms with Gasteiger partial charge in [0.2, 0.25) is 5.91 Å². The summed E-state index contributed by atoms with van der Waals surface area (Å²) in [6, 6.07) is 2.87. The minimum atomic E-state index is -0.491. The molecule has 0 spiro atoms. The lowest BCUT2D eigenvalue weighted by Crippen LogP contribution is -2.36. The molecule has 1 N–H and O–H groups in total. The van der Waals surface area contributed by atoms with Gasteiger partial charge in [-0.1, -0.05) is 6.92 Å². The van der Waals surface area contributed by atoms with Crippen molar-refractivity contribution in [2.24, 2.45) is 11.8 Å². The van der Waals surface area contributed by atoms with Gasteiger partial charge in [-0.3, -0.25) is 4.79 Å². The number of carbonyl (C=O) groups is 1. The number of halogens is 3. The van der Waals surface area contributed by atoms with Crippen molar-refractivity contribution in [2.75, 3.05) is 20.1 Å². The van der Waals surface area contributed by atoms with E-state index in [1.807, 2.05) is 0 Å². The van der Waals surface area contributed by atoms with Crippen LogP contribution in [0.4, 0.5) is 8.78 Å². The van der Waals surface area contributed by atoms with Crippen molar-refractivity contribution in [1.82, 2.24) is 10.2 Å². The summed E-state index contributed by atoms with van der Waals surface area (Å²) < 4.78 is 27.2. The highest BCUT2D eigenvalue weighted by molar-refractivity contribution is 5.85. The zero-order valence-corrected chi connectivity index (χ0v) is 15.3. The number of nitrogens with zero attached hydrogens (tertiary/aromatic N) is 1. The van der Waals surface area contributed by atoms with E-state index in [0.29, 0.717) is 12.3 Å². The highest BCUT2D eigenvalue weighted by atomic mass is 35.5. The number of hydrogen-bond acceptors (Lipinski definition) is 2. The van der Waals surface area contributed by atoms with Gasteiger partial charge < -0.3 is 10.2 Å². The van der Waals surface area contributed by atoms with Crippen LogP contribution in [0.15, 0.2) is 18.2 Å². The molecule has 0 aromatic heterocycles. The second-order valence-electron chi connectivity index (χ2n) is 6.63. The first-order valence-corrected chi connectivity index (χ1v) is 8.31. The van der Waals surface area contributed by atoms with Crippen molar-refractivity contribution in [1.29, 1.82) is 0 Å². The Morgan fingerprint density at radius 3 is 2.71 bits per heavy atom. The summed E-state index contributed by atoms with van der Waals surface area (Å²) in [6.07, 6.45) is 2.72. The molecule has 6 heteroatoms. The highest BCUT2D eigenvalue weighted by Crippen LogP contribution is 2.27. The molecule has 3 unspecified atom stereocenters. The van der Waals surface area contributed by atoms with Crippen LogP contribution in [0.5, 0.6) is 0 Å². The van der Waals surface area contributed by atoms with E-state index in [0.717, 1.165) is 44.1 Å². The molecule has 0 bridgehead atoms. The lowest BCUT2D eigenvalue weighted by Gasteiger charge is -2.31. The van der Waals surface area contributed by atoms with Crippen LogP contribution in [0.2, 0.25) is 0 Å². The summed E-state index contributed by atoms with van der Waals surface area (Å²) >= 11 is 0. The van der Waals surface area contributed by atoms with E-state index in [2.05, 4.69) is 12.2 Å². The van der Waals surface area contributed by atoms with E-state index in [1.165, 1.54) is 4.90 Å². The monoisotopic (exact) mass is 360 g/mol. The molecular weight excluding hydrogens is 334 g/mol. The summed E-state index contributed by atoms with van der Waals surface area (Å²) in [7, 11) is 1.66. The molecule has 0 saturated carbocycles. The Balaban J connectivity index is 0.00000288. The Labute approximate surface area is 149 Å². The number of hydrogen-bond donors (Lipinski definition) is 1. The molecule has 3 atom stereocenters. The van der Waals surface area contributed by atoms with Gasteiger partial charge in [0.25, 0.3) is 0 Å². The number of benzene rings is 1. The molecule has 136 valence electrons. The third-order valence-corrected chi connectivity index (χ3v) is 5.02. The molecule has 1 fully saturated rings. The summed E-state index contributed by atoms with van der Waals surface area (Å²) in [4.78, 5) is 14.0. The van der Waals surface area contributed by atoms with E-state index in [4.69, 9.17) is 0 Å². The number of nitrogens with one attached hydrogen (secondary N) is 1. The maximum absolute atomic E-state index is 13.9. The normalized spacial score (nSPS) is 20.0. The topological polar surface area (TPSA) is 32.3 Å². The summed E-state index contributed by atoms with van der Waals surface area (Å²) in [5.41, 5.74) is 0.216. The summed E-state index contributed by atoms with van der Waals surface area (Å²) in [5.74, 6) is -0.220. The first-order chi connectivity index (χ1) is 10.9. The maximum Gasteiger partial charge on any atom is 0.223 e. The van der Waals surface area contributed by atoms with Crippen LogP contribution in [0, 0.1) is 23.5 Å². The SMILES string of the molecule is CC(CC(=O)N(C)C(C)c1cc(F)ccc1F)C1CCCNC1.Cl. The molecule has 1 heterocycles. The average Bonchev–Trinajstić information content (AvgIpc) is 2.56. The van der Waals surface area contributed by atoms with Gasteiger partial charge in [0.15, 0.2) is 0 Å². The van der Waals surface area contributed by atoms with Crippen LogP contribution in [-0.2, 0) is 4.79 Å². The second-order valence-corrected chi connectivity index (χ2v) is 6.63. The van der Waals surface area contributed by atoms with Gasteiger partial charge in [-0.25, -0.2) is 8.78 Å². The Hall–Kier alpha value is -1.20. The van der Waals surface area contributed by atoms with Crippen molar-refractivity contribution in [2.45, 2.75) is 39.2 Å². The van der Waals surface area contributed by atoms with Gasteiger partial charge in [-0.15, -0.1) is 12.4 Å². The first-order valence-electron chi connectivity index (χ1n) is 8.31. The molecule has 1 aliphatic rings. The molecule has 1 saturated heterocycles. The van der Waals surface area contributed by atoms with Gasteiger partial charge >= 0.3 is 0 Å². The molecule has 1 amide bonds. The van der Waals surface area contributed by atoms with Crippen molar-refractivity contribution >= 4 is 18.3 Å². The fraction of sp³-hybridized carbons (Fsp3) is 0.611. The number of carbonyl (C=O) groups excluding carboxylic acids is 1. The van der Waals surface area contributed by atoms with Gasteiger partial charge in [0.05, 0.1) is 6.04 Å². The molecule has 1 aromatic carbocycles. The third kappa shape index (κ3) is 5.15. The van der Waals surface area contributed by atoms with Crippen molar-refractivity contribution in [3.05, 3.63) is 35.4 Å². The fourth-order valence-corrected chi connectivity index (χ4v) is 3.21. The highest BCUT2D eigenvalue weighted by Gasteiger charge is 2.26. The van der Waals surface area contributed by atoms with Crippen molar-refractivity contribution in [3.8, 4) is 0 Å². The van der Waals surface area contributed by atoms with Crippen molar-refractivity contribution < 1.29 is 13.6 Å². The average molecular weight is 361 g/mol. The van der Waals surface area contributed by atoms with Gasteiger partial charge in [0.1, 0.15) is 11.6 Å². The van der Waals surface area contributed by atoms with E-state index in [9.17, 15) is 13.6 Å². The second kappa shape index (κ2) is 9.33. The minimum Gasteiger partial charge on any atom is -0.339 e. The third-order valence-electron chi connectivity index (χ3n) is 5.02. The Morgan fingerprint density at radius 1 is 1.38 bits per heavy atom. The fourth-order valence-electron chi connectivity index (χ4n) is 3.21. The molecule has 1 aliphatic heterocycles. The van der Waals surface area contributed by atoms with Gasteiger partial charge in [-0.05, 0) is 62.9 Å². The van der Waals surface area contributed by atoms with E-state index in [-0.39, 0.29) is 29.8 Å². The van der Waals surface area contributed by atoms with Crippen LogP contribution in [0.1, 0.15) is 44.7 Å². The lowest BCUT2D eigenvalue weighted by molar-refractivity contribution is -0.133. The van der Waals surface area contributed by atoms with Crippen LogP contribution in [-0.4, -0.2) is 30.9 Å². The van der Waals surface area contributed by atoms with Crippen LogP contribution in [0.25, 0.3) is 0 Å². The summed E-state index contributed by atoms with van der Waals surface area (Å²) in [5, 5.41) is 3.36. The van der Waals surface area contributed by atoms with Crippen LogP contribution in [0.3, 0.4) is 0 Å². The quantitative estimate of drug-likeness (QED) is 0.862. The van der Waals surface area contributed by atoms with Crippen LogP contribution >= 0.6 is 12.4 Å². The van der Waals surface area contributed by atoms with E-state index >= 15 is 0 Å². The van der Waals surface area contributed by atoms with Crippen molar-refractivity contribution in [3.63, 3.8) is 0 Å². The minimum absolute atomic E-state index is 0.